The molecule has 2 aromatic heterocycles. The Morgan fingerprint density at radius 3 is 1.98 bits per heavy atom. The van der Waals surface area contributed by atoms with Crippen LogP contribution in [0.4, 0.5) is 0 Å². The first-order chi connectivity index (χ1) is 31.7. The highest BCUT2D eigenvalue weighted by Gasteiger charge is 2.52. The third-order valence-electron chi connectivity index (χ3n) is 15.9. The van der Waals surface area contributed by atoms with Gasteiger partial charge in [-0.05, 0) is 120 Å². The van der Waals surface area contributed by atoms with Crippen LogP contribution in [0, 0.1) is 5.41 Å². The van der Waals surface area contributed by atoms with E-state index in [4.69, 9.17) is 9.97 Å². The maximum atomic E-state index is 14.8. The van der Waals surface area contributed by atoms with Crippen LogP contribution in [-0.2, 0) is 27.1 Å². The topological polar surface area (TPSA) is 76.3 Å². The molecule has 1 aliphatic carbocycles. The van der Waals surface area contributed by atoms with Crippen LogP contribution in [0.5, 0.6) is 0 Å². The maximum absolute atomic E-state index is 14.8. The number of fused-ring (bicyclic) bond motifs is 6. The summed E-state index contributed by atoms with van der Waals surface area (Å²) in [6.07, 6.45) is 15.7. The van der Waals surface area contributed by atoms with Gasteiger partial charge in [-0.3, -0.25) is 9.59 Å². The van der Waals surface area contributed by atoms with Crippen LogP contribution in [-0.4, -0.2) is 66.4 Å². The lowest BCUT2D eigenvalue weighted by molar-refractivity contribution is -0.133. The zero-order valence-corrected chi connectivity index (χ0v) is 39.4. The van der Waals surface area contributed by atoms with Gasteiger partial charge in [-0.2, -0.15) is 0 Å². The Labute approximate surface area is 397 Å². The molecule has 0 N–H and O–H groups in total. The summed E-state index contributed by atoms with van der Waals surface area (Å²) in [5.74, 6) is 2.57. The number of imidazole rings is 2. The van der Waals surface area contributed by atoms with E-state index in [0.717, 1.165) is 119 Å². The number of aromatic nitrogens is 4. The molecule has 2 saturated heterocycles. The number of hydrogen-bond acceptors (Lipinski definition) is 4. The van der Waals surface area contributed by atoms with E-state index in [1.165, 1.54) is 11.1 Å². The van der Waals surface area contributed by atoms with Crippen molar-refractivity contribution in [1.82, 2.24) is 28.9 Å². The quantitative estimate of drug-likeness (QED) is 0.144. The van der Waals surface area contributed by atoms with Crippen molar-refractivity contribution in [3.8, 4) is 22.8 Å². The summed E-state index contributed by atoms with van der Waals surface area (Å²) >= 11 is 7.32. The van der Waals surface area contributed by atoms with Crippen molar-refractivity contribution < 1.29 is 9.59 Å². The fourth-order valence-corrected chi connectivity index (χ4v) is 13.3. The van der Waals surface area contributed by atoms with Crippen molar-refractivity contribution in [3.63, 3.8) is 0 Å². The molecule has 326 valence electrons. The molecule has 65 heavy (non-hydrogen) atoms. The molecule has 1 saturated carbocycles. The van der Waals surface area contributed by atoms with Crippen molar-refractivity contribution >= 4 is 43.7 Å². The fourth-order valence-electron chi connectivity index (χ4n) is 12.8. The Balaban J connectivity index is 0.819. The van der Waals surface area contributed by atoms with Crippen LogP contribution < -0.4 is 0 Å². The van der Waals surface area contributed by atoms with Crippen LogP contribution in [0.2, 0.25) is 0 Å². The minimum absolute atomic E-state index is 0.0793. The number of amides is 2. The Hall–Kier alpha value is -5.58. The van der Waals surface area contributed by atoms with Crippen molar-refractivity contribution in [2.75, 3.05) is 19.6 Å². The lowest BCUT2D eigenvalue weighted by Crippen LogP contribution is -2.43. The van der Waals surface area contributed by atoms with Crippen LogP contribution in [0.15, 0.2) is 155 Å². The van der Waals surface area contributed by atoms with Crippen molar-refractivity contribution in [3.05, 3.63) is 188 Å². The third kappa shape index (κ3) is 6.56. The van der Waals surface area contributed by atoms with Gasteiger partial charge in [0.1, 0.15) is 22.7 Å². The van der Waals surface area contributed by atoms with Crippen molar-refractivity contribution in [2.45, 2.75) is 80.8 Å². The molecular weight excluding hydrogens is 936 g/mol. The molecule has 7 aromatic rings. The Morgan fingerprint density at radius 1 is 0.646 bits per heavy atom. The molecule has 0 radical (unpaired) electrons. The van der Waals surface area contributed by atoms with Gasteiger partial charge in [0.2, 0.25) is 11.8 Å². The predicted molar refractivity (Wildman–Crippen MR) is 260 cm³/mol. The number of benzene rings is 5. The molecule has 5 aliphatic rings. The summed E-state index contributed by atoms with van der Waals surface area (Å²) in [6.45, 7) is 2.34. The first-order valence-electron chi connectivity index (χ1n) is 23.2. The number of halogens is 2. The minimum atomic E-state index is -0.731. The summed E-state index contributed by atoms with van der Waals surface area (Å²) in [7, 11) is 0. The molecule has 4 aliphatic heterocycles. The molecule has 2 amide bonds. The summed E-state index contributed by atoms with van der Waals surface area (Å²) in [5.41, 5.74) is 7.90. The molecule has 3 fully saturated rings. The summed E-state index contributed by atoms with van der Waals surface area (Å²) < 4.78 is 6.52. The molecule has 12 rings (SSSR count). The molecule has 5 unspecified atom stereocenters. The monoisotopic (exact) mass is 984 g/mol. The van der Waals surface area contributed by atoms with Crippen LogP contribution >= 0.6 is 31.9 Å². The Bertz CT molecular complexity index is 2960. The van der Waals surface area contributed by atoms with E-state index in [2.05, 4.69) is 178 Å². The highest BCUT2D eigenvalue weighted by molar-refractivity contribution is 9.10. The standard InChI is InChI=1S/C55H50Br2N6O2/c56-42-17-13-40(14-18-42)54(47-11-5-4-10-45(47)51-58-25-29-62(51)54)34-49(64)60-28-24-53(36-60)23-22-39(33-53)38-12-21-48-46(32-38)52-59-26-30-63(52)55(48,41-15-19-43(57)20-16-41)35-50(65)61-27-6-9-44(61)31-37-7-2-1-3-8-37/h1-5,7-8,10-21,25-26,29-30,32,39,44H,6,9,22-24,27-28,31,33-36H2. The van der Waals surface area contributed by atoms with E-state index in [-0.39, 0.29) is 23.3 Å². The van der Waals surface area contributed by atoms with E-state index in [9.17, 15) is 9.59 Å². The molecule has 0 bridgehead atoms. The highest BCUT2D eigenvalue weighted by atomic mass is 79.9. The van der Waals surface area contributed by atoms with Crippen LogP contribution in [0.1, 0.15) is 90.7 Å². The van der Waals surface area contributed by atoms with Gasteiger partial charge < -0.3 is 18.9 Å². The fraction of sp³-hybridized carbons (Fsp3) is 0.309. The van der Waals surface area contributed by atoms with E-state index in [0.29, 0.717) is 18.8 Å². The highest BCUT2D eigenvalue weighted by Crippen LogP contribution is 2.56. The number of carbonyl (C=O) groups excluding carboxylic acids is 2. The summed E-state index contributed by atoms with van der Waals surface area (Å²) in [5, 5.41) is 0. The second kappa shape index (κ2) is 15.8. The average Bonchev–Trinajstić information content (AvgIpc) is 4.21. The summed E-state index contributed by atoms with van der Waals surface area (Å²) in [4.78, 5) is 43.7. The largest absolute Gasteiger partial charge is 0.342 e. The van der Waals surface area contributed by atoms with Gasteiger partial charge in [0.25, 0.3) is 0 Å². The third-order valence-corrected chi connectivity index (χ3v) is 16.9. The number of hydrogen-bond donors (Lipinski definition) is 0. The molecule has 6 heterocycles. The molecule has 5 atom stereocenters. The number of carbonyl (C=O) groups is 2. The normalized spacial score (nSPS) is 25.0. The van der Waals surface area contributed by atoms with E-state index < -0.39 is 11.1 Å². The zero-order chi connectivity index (χ0) is 43.9. The molecule has 1 spiro atoms. The average molecular weight is 987 g/mol. The summed E-state index contributed by atoms with van der Waals surface area (Å²) in [6, 6.07) is 43.2. The maximum Gasteiger partial charge on any atom is 0.225 e. The van der Waals surface area contributed by atoms with E-state index in [1.54, 1.807) is 0 Å². The predicted octanol–water partition coefficient (Wildman–Crippen LogP) is 11.3. The molecule has 8 nitrogen and oxygen atoms in total. The lowest BCUT2D eigenvalue weighted by Gasteiger charge is -2.36. The molecule has 5 aromatic carbocycles. The minimum Gasteiger partial charge on any atom is -0.342 e. The van der Waals surface area contributed by atoms with Gasteiger partial charge in [0, 0.05) is 70.5 Å². The molecular formula is C55H50Br2N6O2. The number of nitrogens with zero attached hydrogens (tertiary/aromatic N) is 6. The van der Waals surface area contributed by atoms with Gasteiger partial charge in [0.05, 0.1) is 12.8 Å². The van der Waals surface area contributed by atoms with Gasteiger partial charge in [-0.1, -0.05) is 123 Å². The smallest absolute Gasteiger partial charge is 0.225 e. The second-order valence-electron chi connectivity index (χ2n) is 19.3. The van der Waals surface area contributed by atoms with Crippen LogP contribution in [0.25, 0.3) is 22.8 Å². The zero-order valence-electron chi connectivity index (χ0n) is 36.3. The van der Waals surface area contributed by atoms with Crippen molar-refractivity contribution in [2.24, 2.45) is 5.41 Å². The first-order valence-corrected chi connectivity index (χ1v) is 24.8. The van der Waals surface area contributed by atoms with E-state index in [1.807, 2.05) is 18.6 Å². The van der Waals surface area contributed by atoms with Gasteiger partial charge in [-0.15, -0.1) is 0 Å². The van der Waals surface area contributed by atoms with Gasteiger partial charge >= 0.3 is 0 Å². The van der Waals surface area contributed by atoms with Gasteiger partial charge in [-0.25, -0.2) is 9.97 Å². The lowest BCUT2D eigenvalue weighted by atomic mass is 9.78. The number of likely N-dealkylation sites (tertiary alicyclic amines) is 2. The second-order valence-corrected chi connectivity index (χ2v) is 21.1. The Morgan fingerprint density at radius 2 is 1.28 bits per heavy atom. The van der Waals surface area contributed by atoms with E-state index >= 15 is 0 Å². The number of rotatable bonds is 9. The van der Waals surface area contributed by atoms with Gasteiger partial charge in [0.15, 0.2) is 0 Å². The molecule has 10 heteroatoms. The SMILES string of the molecule is O=C(CC1(c2ccc(Br)cc2)c2ccccc2-c2nccn21)N1CCC2(CCC(c3ccc4c(c3)-c3nccn3C4(CC(=O)N3CCCC3Cc3ccccc3)c3ccc(Br)cc3)C2)C1. The Kier molecular flexibility index (Phi) is 9.94. The van der Waals surface area contributed by atoms with Crippen molar-refractivity contribution in [1.29, 1.82) is 0 Å². The van der Waals surface area contributed by atoms with Crippen LogP contribution in [0.3, 0.4) is 0 Å². The first kappa shape index (κ1) is 40.9.